The molecule has 0 aromatic heterocycles. The van der Waals surface area contributed by atoms with E-state index in [4.69, 9.17) is 0 Å². The number of nitrogens with one attached hydrogen (secondary N) is 1. The summed E-state index contributed by atoms with van der Waals surface area (Å²) in [4.78, 5) is 0. The first-order valence-corrected chi connectivity index (χ1v) is 7.25. The third kappa shape index (κ3) is 2.97. The molecule has 0 aliphatic heterocycles. The Bertz CT molecular complexity index is 457. The summed E-state index contributed by atoms with van der Waals surface area (Å²) in [7, 11) is 0. The highest BCUT2D eigenvalue weighted by Gasteiger charge is 2.27. The Kier molecular flexibility index (Phi) is 4.56. The largest absolute Gasteiger partial charge is 0.310 e. The van der Waals surface area contributed by atoms with Gasteiger partial charge in [-0.2, -0.15) is 0 Å². The lowest BCUT2D eigenvalue weighted by Gasteiger charge is -2.23. The summed E-state index contributed by atoms with van der Waals surface area (Å²) in [6.07, 6.45) is 3.67. The average Bonchev–Trinajstić information content (AvgIpc) is 2.53. The first-order valence-electron chi connectivity index (χ1n) is 7.25. The van der Waals surface area contributed by atoms with Crippen LogP contribution in [0.3, 0.4) is 0 Å². The first kappa shape index (κ1) is 14.4. The minimum atomic E-state index is -0.422. The molecule has 2 unspecified atom stereocenters. The predicted molar refractivity (Wildman–Crippen MR) is 74.2 cm³/mol. The smallest absolute Gasteiger partial charge is 0.129 e. The third-order valence-electron chi connectivity index (χ3n) is 4.14. The van der Waals surface area contributed by atoms with Crippen LogP contribution in [-0.4, -0.2) is 6.54 Å². The van der Waals surface area contributed by atoms with Crippen molar-refractivity contribution in [3.63, 3.8) is 0 Å². The third-order valence-corrected chi connectivity index (χ3v) is 4.14. The second-order valence-electron chi connectivity index (χ2n) is 5.74. The van der Waals surface area contributed by atoms with Crippen LogP contribution in [0, 0.1) is 24.5 Å². The lowest BCUT2D eigenvalue weighted by Crippen LogP contribution is -2.25. The van der Waals surface area contributed by atoms with Gasteiger partial charge in [0.1, 0.15) is 11.6 Å². The molecule has 0 radical (unpaired) electrons. The highest BCUT2D eigenvalue weighted by atomic mass is 19.1. The minimum Gasteiger partial charge on any atom is -0.310 e. The SMILES string of the molecule is CCCNC1CC(C)CCc2c(F)cc(F)c(C)c21. The van der Waals surface area contributed by atoms with Crippen LogP contribution in [0.1, 0.15) is 55.8 Å². The Hall–Kier alpha value is -0.960. The fraction of sp³-hybridized carbons (Fsp3) is 0.625. The first-order chi connectivity index (χ1) is 9.04. The van der Waals surface area contributed by atoms with E-state index in [0.717, 1.165) is 43.0 Å². The van der Waals surface area contributed by atoms with Crippen molar-refractivity contribution in [2.75, 3.05) is 6.54 Å². The van der Waals surface area contributed by atoms with Gasteiger partial charge < -0.3 is 5.32 Å². The standard InChI is InChI=1S/C16H23F2N/c1-4-7-19-15-8-10(2)5-6-12-14(18)9-13(17)11(3)16(12)15/h9-10,15,19H,4-8H2,1-3H3. The van der Waals surface area contributed by atoms with Crippen molar-refractivity contribution in [1.82, 2.24) is 5.32 Å². The number of hydrogen-bond acceptors (Lipinski definition) is 1. The van der Waals surface area contributed by atoms with E-state index in [9.17, 15) is 8.78 Å². The molecule has 1 aliphatic rings. The summed E-state index contributed by atoms with van der Waals surface area (Å²) in [6, 6.07) is 1.12. The quantitative estimate of drug-likeness (QED) is 0.806. The van der Waals surface area contributed by atoms with Crippen molar-refractivity contribution in [2.45, 2.75) is 52.5 Å². The molecule has 0 saturated heterocycles. The zero-order valence-electron chi connectivity index (χ0n) is 12.0. The maximum Gasteiger partial charge on any atom is 0.129 e. The summed E-state index contributed by atoms with van der Waals surface area (Å²) >= 11 is 0. The van der Waals surface area contributed by atoms with E-state index in [0.29, 0.717) is 17.9 Å². The van der Waals surface area contributed by atoms with Crippen LogP contribution in [0.4, 0.5) is 8.78 Å². The number of hydrogen-bond donors (Lipinski definition) is 1. The molecule has 0 amide bonds. The molecule has 2 atom stereocenters. The van der Waals surface area contributed by atoms with Crippen molar-refractivity contribution >= 4 is 0 Å². The molecule has 0 fully saturated rings. The zero-order valence-corrected chi connectivity index (χ0v) is 12.0. The Labute approximate surface area is 114 Å². The summed E-state index contributed by atoms with van der Waals surface area (Å²) < 4.78 is 27.9. The van der Waals surface area contributed by atoms with Crippen LogP contribution in [0.5, 0.6) is 0 Å². The molecule has 1 N–H and O–H groups in total. The Morgan fingerprint density at radius 2 is 2.05 bits per heavy atom. The predicted octanol–water partition coefficient (Wildman–Crippen LogP) is 4.29. The second kappa shape index (κ2) is 6.00. The van der Waals surface area contributed by atoms with Crippen molar-refractivity contribution in [3.05, 3.63) is 34.4 Å². The van der Waals surface area contributed by atoms with Crippen LogP contribution in [-0.2, 0) is 6.42 Å². The lowest BCUT2D eigenvalue weighted by atomic mass is 9.92. The molecule has 1 aliphatic carbocycles. The maximum absolute atomic E-state index is 14.0. The van der Waals surface area contributed by atoms with E-state index >= 15 is 0 Å². The van der Waals surface area contributed by atoms with Gasteiger partial charge in [0.25, 0.3) is 0 Å². The van der Waals surface area contributed by atoms with E-state index < -0.39 is 5.82 Å². The molecule has 106 valence electrons. The van der Waals surface area contributed by atoms with Crippen molar-refractivity contribution in [1.29, 1.82) is 0 Å². The minimum absolute atomic E-state index is 0.0812. The summed E-state index contributed by atoms with van der Waals surface area (Å²) in [5.41, 5.74) is 2.20. The van der Waals surface area contributed by atoms with Crippen LogP contribution >= 0.6 is 0 Å². The lowest BCUT2D eigenvalue weighted by molar-refractivity contribution is 0.407. The number of fused-ring (bicyclic) bond motifs is 1. The van der Waals surface area contributed by atoms with Crippen LogP contribution in [0.25, 0.3) is 0 Å². The Balaban J connectivity index is 2.47. The Morgan fingerprint density at radius 3 is 2.74 bits per heavy atom. The number of benzene rings is 1. The highest BCUT2D eigenvalue weighted by Crippen LogP contribution is 2.36. The van der Waals surface area contributed by atoms with Crippen molar-refractivity contribution in [3.8, 4) is 0 Å². The van der Waals surface area contributed by atoms with Crippen LogP contribution in [0.15, 0.2) is 6.07 Å². The number of rotatable bonds is 3. The van der Waals surface area contributed by atoms with Gasteiger partial charge in [-0.25, -0.2) is 8.78 Å². The molecular formula is C16H23F2N. The molecule has 3 heteroatoms. The second-order valence-corrected chi connectivity index (χ2v) is 5.74. The molecule has 0 heterocycles. The molecule has 1 aromatic carbocycles. The summed E-state index contributed by atoms with van der Waals surface area (Å²) in [5, 5.41) is 3.46. The maximum atomic E-state index is 14.0. The van der Waals surface area contributed by atoms with E-state index in [-0.39, 0.29) is 11.9 Å². The van der Waals surface area contributed by atoms with Gasteiger partial charge in [0, 0.05) is 12.1 Å². The molecule has 0 spiro atoms. The van der Waals surface area contributed by atoms with Gasteiger partial charge in [0.2, 0.25) is 0 Å². The fourth-order valence-corrected chi connectivity index (χ4v) is 3.05. The van der Waals surface area contributed by atoms with E-state index in [1.807, 2.05) is 0 Å². The summed E-state index contributed by atoms with van der Waals surface area (Å²) in [5.74, 6) is -0.270. The van der Waals surface area contributed by atoms with E-state index in [1.54, 1.807) is 6.92 Å². The normalized spacial score (nSPS) is 23.0. The molecule has 19 heavy (non-hydrogen) atoms. The molecule has 0 bridgehead atoms. The molecular weight excluding hydrogens is 244 g/mol. The average molecular weight is 267 g/mol. The van der Waals surface area contributed by atoms with Gasteiger partial charge in [0.15, 0.2) is 0 Å². The van der Waals surface area contributed by atoms with E-state index in [2.05, 4.69) is 19.2 Å². The van der Waals surface area contributed by atoms with Gasteiger partial charge in [-0.1, -0.05) is 13.8 Å². The van der Waals surface area contributed by atoms with Crippen LogP contribution in [0.2, 0.25) is 0 Å². The Morgan fingerprint density at radius 1 is 1.32 bits per heavy atom. The topological polar surface area (TPSA) is 12.0 Å². The summed E-state index contributed by atoms with van der Waals surface area (Å²) in [6.45, 7) is 6.95. The monoisotopic (exact) mass is 267 g/mol. The van der Waals surface area contributed by atoms with Crippen molar-refractivity contribution in [2.24, 2.45) is 5.92 Å². The molecule has 2 rings (SSSR count). The van der Waals surface area contributed by atoms with Gasteiger partial charge in [-0.15, -0.1) is 0 Å². The molecule has 0 saturated carbocycles. The van der Waals surface area contributed by atoms with Gasteiger partial charge >= 0.3 is 0 Å². The zero-order chi connectivity index (χ0) is 14.0. The number of halogens is 2. The van der Waals surface area contributed by atoms with Crippen LogP contribution < -0.4 is 5.32 Å². The highest BCUT2D eigenvalue weighted by molar-refractivity contribution is 5.40. The van der Waals surface area contributed by atoms with Gasteiger partial charge in [-0.05, 0) is 61.8 Å². The fourth-order valence-electron chi connectivity index (χ4n) is 3.05. The van der Waals surface area contributed by atoms with Gasteiger partial charge in [-0.3, -0.25) is 0 Å². The van der Waals surface area contributed by atoms with Crippen molar-refractivity contribution < 1.29 is 8.78 Å². The molecule has 1 nitrogen and oxygen atoms in total. The van der Waals surface area contributed by atoms with Gasteiger partial charge in [0.05, 0.1) is 0 Å². The van der Waals surface area contributed by atoms with E-state index in [1.165, 1.54) is 0 Å². The molecule has 1 aromatic rings.